The summed E-state index contributed by atoms with van der Waals surface area (Å²) in [7, 11) is 5.63. The molecule has 2 aliphatic rings. The van der Waals surface area contributed by atoms with Gasteiger partial charge in [0.15, 0.2) is 11.5 Å². The average molecular weight is 599 g/mol. The van der Waals surface area contributed by atoms with Crippen molar-refractivity contribution in [3.05, 3.63) is 52.4 Å². The lowest BCUT2D eigenvalue weighted by Gasteiger charge is -2.30. The highest BCUT2D eigenvalue weighted by Gasteiger charge is 2.47. The first-order chi connectivity index (χ1) is 20.7. The van der Waals surface area contributed by atoms with Crippen LogP contribution in [0.4, 0.5) is 0 Å². The van der Waals surface area contributed by atoms with Gasteiger partial charge in [-0.1, -0.05) is 19.4 Å². The number of hydrogen-bond acceptors (Lipinski definition) is 8. The lowest BCUT2D eigenvalue weighted by molar-refractivity contribution is -0.144. The van der Waals surface area contributed by atoms with Gasteiger partial charge < -0.3 is 33.7 Å². The molecule has 0 unspecified atom stereocenters. The number of nitrogens with zero attached hydrogens (tertiary/aromatic N) is 4. The van der Waals surface area contributed by atoms with Crippen molar-refractivity contribution >= 4 is 11.9 Å². The van der Waals surface area contributed by atoms with Crippen molar-refractivity contribution in [2.75, 3.05) is 60.7 Å². The summed E-state index contributed by atoms with van der Waals surface area (Å²) in [6, 6.07) is 8.15. The van der Waals surface area contributed by atoms with Gasteiger partial charge in [-0.3, -0.25) is 19.3 Å². The van der Waals surface area contributed by atoms with Crippen LogP contribution in [0, 0.1) is 5.92 Å². The van der Waals surface area contributed by atoms with Crippen LogP contribution in [0.2, 0.25) is 0 Å². The van der Waals surface area contributed by atoms with E-state index in [1.54, 1.807) is 30.0 Å². The fourth-order valence-corrected chi connectivity index (χ4v) is 6.19. The molecule has 11 nitrogen and oxygen atoms in total. The Morgan fingerprint density at radius 1 is 1.09 bits per heavy atom. The van der Waals surface area contributed by atoms with Crippen molar-refractivity contribution < 1.29 is 28.9 Å². The number of likely N-dealkylation sites (tertiary alicyclic amines) is 1. The van der Waals surface area contributed by atoms with Gasteiger partial charge in [-0.2, -0.15) is 0 Å². The molecule has 0 radical (unpaired) electrons. The lowest BCUT2D eigenvalue weighted by Crippen LogP contribution is -2.45. The second-order valence-corrected chi connectivity index (χ2v) is 11.7. The molecule has 3 atom stereocenters. The Morgan fingerprint density at radius 2 is 1.86 bits per heavy atom. The van der Waals surface area contributed by atoms with E-state index in [1.807, 2.05) is 36.0 Å². The molecular formula is C32H46N4O7. The summed E-state index contributed by atoms with van der Waals surface area (Å²) in [4.78, 5) is 45.2. The van der Waals surface area contributed by atoms with Crippen molar-refractivity contribution in [2.24, 2.45) is 5.92 Å². The molecule has 1 fully saturated rings. The molecule has 11 heteroatoms. The molecule has 4 rings (SSSR count). The minimum absolute atomic E-state index is 0.00763. The zero-order valence-corrected chi connectivity index (χ0v) is 25.9. The number of amides is 1. The molecule has 2 aromatic rings. The smallest absolute Gasteiger partial charge is 0.308 e. The summed E-state index contributed by atoms with van der Waals surface area (Å²) in [5.74, 6) is -0.647. The van der Waals surface area contributed by atoms with Gasteiger partial charge in [0.2, 0.25) is 24.0 Å². The van der Waals surface area contributed by atoms with Gasteiger partial charge in [-0.05, 0) is 70.1 Å². The Balaban J connectivity index is 1.61. The second kappa shape index (κ2) is 15.2. The third-order valence-electron chi connectivity index (χ3n) is 8.46. The molecule has 2 aliphatic heterocycles. The van der Waals surface area contributed by atoms with Crippen LogP contribution in [0.3, 0.4) is 0 Å². The van der Waals surface area contributed by atoms with Gasteiger partial charge in [0.05, 0.1) is 19.6 Å². The number of ether oxygens (including phenoxy) is 3. The fraction of sp³-hybridized carbons (Fsp3) is 0.594. The summed E-state index contributed by atoms with van der Waals surface area (Å²) in [6.45, 7) is 5.34. The summed E-state index contributed by atoms with van der Waals surface area (Å²) in [5, 5.41) is 10.6. The van der Waals surface area contributed by atoms with E-state index < -0.39 is 23.8 Å². The van der Waals surface area contributed by atoms with E-state index in [9.17, 15) is 19.5 Å². The molecule has 1 N–H and O–H groups in total. The molecule has 1 aromatic heterocycles. The third-order valence-corrected chi connectivity index (χ3v) is 8.46. The number of fused-ring (bicyclic) bond motifs is 1. The van der Waals surface area contributed by atoms with Crippen molar-refractivity contribution in [3.63, 3.8) is 0 Å². The van der Waals surface area contributed by atoms with Crippen molar-refractivity contribution in [2.45, 2.75) is 57.5 Å². The van der Waals surface area contributed by atoms with Crippen LogP contribution in [-0.2, 0) is 16.1 Å². The van der Waals surface area contributed by atoms with Crippen molar-refractivity contribution in [1.82, 2.24) is 19.3 Å². The van der Waals surface area contributed by atoms with Crippen molar-refractivity contribution in [3.8, 4) is 17.2 Å². The second-order valence-electron chi connectivity index (χ2n) is 11.7. The molecule has 0 aliphatic carbocycles. The first-order valence-corrected chi connectivity index (χ1v) is 15.3. The minimum Gasteiger partial charge on any atom is -0.493 e. The summed E-state index contributed by atoms with van der Waals surface area (Å²) in [6.07, 6.45) is 5.92. The van der Waals surface area contributed by atoms with Crippen LogP contribution in [0.1, 0.15) is 50.5 Å². The number of rotatable bonds is 16. The number of aryl methyl sites for hydroxylation is 1. The highest BCUT2D eigenvalue weighted by Crippen LogP contribution is 2.47. The Kier molecular flexibility index (Phi) is 11.5. The highest BCUT2D eigenvalue weighted by molar-refractivity contribution is 5.79. The van der Waals surface area contributed by atoms with Crippen LogP contribution in [0.15, 0.2) is 41.3 Å². The van der Waals surface area contributed by atoms with E-state index in [4.69, 9.17) is 14.2 Å². The number of carboxylic acid groups (broad SMARTS) is 1. The zero-order chi connectivity index (χ0) is 30.9. The average Bonchev–Trinajstić information content (AvgIpc) is 3.60. The van der Waals surface area contributed by atoms with Crippen LogP contribution in [-0.4, -0.2) is 103 Å². The Hall–Kier alpha value is -3.57. The molecule has 1 amide bonds. The predicted molar refractivity (Wildman–Crippen MR) is 163 cm³/mol. The van der Waals surface area contributed by atoms with E-state index in [1.165, 1.54) is 6.07 Å². The van der Waals surface area contributed by atoms with E-state index in [0.29, 0.717) is 49.8 Å². The topological polar surface area (TPSA) is 114 Å². The standard InChI is InChI=1S/C32H46N4O7/c1-5-6-14-34(16-10-9-13-33(2)3)29(38)21-36-20-24(23-18-26(41-4)31-27(19-23)42-22-43-31)30(32(39)40)25(36)12-17-35-15-8-7-11-28(35)37/h7-8,11,15,18-19,24-25,30H,5-6,9-10,12-14,16-17,20-22H2,1-4H3,(H,39,40)/t24-,25+,30-/m1/s1. The Labute approximate surface area is 253 Å². The van der Waals surface area contributed by atoms with Gasteiger partial charge in [-0.15, -0.1) is 0 Å². The highest BCUT2D eigenvalue weighted by atomic mass is 16.7. The molecule has 0 bridgehead atoms. The molecule has 0 spiro atoms. The van der Waals surface area contributed by atoms with Gasteiger partial charge in [0.1, 0.15) is 0 Å². The fourth-order valence-electron chi connectivity index (χ4n) is 6.19. The van der Waals surface area contributed by atoms with Crippen molar-refractivity contribution in [1.29, 1.82) is 0 Å². The molecule has 0 saturated carbocycles. The van der Waals surface area contributed by atoms with Crippen LogP contribution >= 0.6 is 0 Å². The summed E-state index contributed by atoms with van der Waals surface area (Å²) >= 11 is 0. The van der Waals surface area contributed by atoms with Gasteiger partial charge in [0.25, 0.3) is 0 Å². The quantitative estimate of drug-likeness (QED) is 0.291. The molecule has 236 valence electrons. The third kappa shape index (κ3) is 8.08. The number of aliphatic carboxylic acids is 1. The zero-order valence-electron chi connectivity index (χ0n) is 25.9. The molecule has 1 aromatic carbocycles. The van der Waals surface area contributed by atoms with Crippen LogP contribution in [0.5, 0.6) is 17.2 Å². The normalized spacial score (nSPS) is 19.6. The van der Waals surface area contributed by atoms with Gasteiger partial charge in [0, 0.05) is 50.4 Å². The number of aromatic nitrogens is 1. The summed E-state index contributed by atoms with van der Waals surface area (Å²) < 4.78 is 18.3. The first kappa shape index (κ1) is 32.3. The maximum absolute atomic E-state index is 13.8. The summed E-state index contributed by atoms with van der Waals surface area (Å²) in [5.41, 5.74) is 0.618. The first-order valence-electron chi connectivity index (χ1n) is 15.3. The number of carbonyl (C=O) groups is 2. The van der Waals surface area contributed by atoms with E-state index in [0.717, 1.165) is 37.8 Å². The number of benzene rings is 1. The molecular weight excluding hydrogens is 552 g/mol. The lowest BCUT2D eigenvalue weighted by atomic mass is 9.84. The van der Waals surface area contributed by atoms with Crippen LogP contribution in [0.25, 0.3) is 0 Å². The van der Waals surface area contributed by atoms with Gasteiger partial charge >= 0.3 is 5.97 Å². The maximum Gasteiger partial charge on any atom is 0.308 e. The Morgan fingerprint density at radius 3 is 2.56 bits per heavy atom. The largest absolute Gasteiger partial charge is 0.493 e. The molecule has 1 saturated heterocycles. The molecule has 43 heavy (non-hydrogen) atoms. The number of carbonyl (C=O) groups excluding carboxylic acids is 1. The SMILES string of the molecule is CCCCN(CCCCN(C)C)C(=O)CN1C[C@H](c2cc(OC)c3c(c2)OCO3)[C@@H](C(=O)O)[C@@H]1CCn1ccccc1=O. The number of pyridine rings is 1. The number of unbranched alkanes of at least 4 members (excludes halogenated alkanes) is 2. The predicted octanol–water partition coefficient (Wildman–Crippen LogP) is 3.12. The molecule has 3 heterocycles. The van der Waals surface area contributed by atoms with E-state index in [-0.39, 0.29) is 24.8 Å². The van der Waals surface area contributed by atoms with Crippen LogP contribution < -0.4 is 19.8 Å². The minimum atomic E-state index is -0.937. The number of hydrogen-bond donors (Lipinski definition) is 1. The van der Waals surface area contributed by atoms with E-state index >= 15 is 0 Å². The number of carboxylic acids is 1. The monoisotopic (exact) mass is 598 g/mol. The maximum atomic E-state index is 13.8. The Bertz CT molecular complexity index is 1300. The van der Waals surface area contributed by atoms with E-state index in [2.05, 4.69) is 11.8 Å². The number of methoxy groups -OCH3 is 1. The van der Waals surface area contributed by atoms with Gasteiger partial charge in [-0.25, -0.2) is 0 Å².